The summed E-state index contributed by atoms with van der Waals surface area (Å²) in [5, 5.41) is 7.94. The van der Waals surface area contributed by atoms with Gasteiger partial charge in [0.2, 0.25) is 0 Å². The van der Waals surface area contributed by atoms with Crippen LogP contribution in [-0.4, -0.2) is 16.3 Å². The normalized spacial score (nSPS) is 15.1. The minimum atomic E-state index is 0.381. The Hall–Kier alpha value is -0.350. The van der Waals surface area contributed by atoms with E-state index in [1.807, 2.05) is 6.20 Å². The number of halogens is 1. The molecule has 4 heteroatoms. The van der Waals surface area contributed by atoms with Crippen molar-refractivity contribution in [1.82, 2.24) is 15.1 Å². The van der Waals surface area contributed by atoms with Crippen molar-refractivity contribution in [3.05, 3.63) is 16.4 Å². The zero-order valence-corrected chi connectivity index (χ0v) is 12.2. The van der Waals surface area contributed by atoms with E-state index in [0.29, 0.717) is 12.0 Å². The third kappa shape index (κ3) is 2.86. The second-order valence-electron chi connectivity index (χ2n) is 4.11. The molecule has 2 unspecified atom stereocenters. The first-order chi connectivity index (χ1) is 7.65. The lowest BCUT2D eigenvalue weighted by Gasteiger charge is -2.25. The summed E-state index contributed by atoms with van der Waals surface area (Å²) < 4.78 is 3.18. The molecule has 16 heavy (non-hydrogen) atoms. The Balaban J connectivity index is 3.03. The maximum absolute atomic E-state index is 4.38. The van der Waals surface area contributed by atoms with Crippen LogP contribution in [0.15, 0.2) is 10.7 Å². The van der Waals surface area contributed by atoms with E-state index in [4.69, 9.17) is 0 Å². The van der Waals surface area contributed by atoms with Crippen molar-refractivity contribution in [3.63, 3.8) is 0 Å². The summed E-state index contributed by atoms with van der Waals surface area (Å²) in [6, 6.07) is 0.381. The topological polar surface area (TPSA) is 29.9 Å². The summed E-state index contributed by atoms with van der Waals surface area (Å²) in [4.78, 5) is 0. The molecule has 1 heterocycles. The number of rotatable bonds is 6. The zero-order valence-electron chi connectivity index (χ0n) is 10.6. The molecule has 1 rings (SSSR count). The van der Waals surface area contributed by atoms with E-state index in [-0.39, 0.29) is 0 Å². The minimum Gasteiger partial charge on any atom is -0.309 e. The summed E-state index contributed by atoms with van der Waals surface area (Å²) in [7, 11) is 0. The van der Waals surface area contributed by atoms with Crippen molar-refractivity contribution in [2.45, 2.75) is 46.7 Å². The molecule has 0 aliphatic carbocycles. The smallest absolute Gasteiger partial charge is 0.0698 e. The van der Waals surface area contributed by atoms with Gasteiger partial charge in [0, 0.05) is 6.54 Å². The SMILES string of the molecule is CCNC(c1c(Br)cnn1CC)C(C)CC. The summed E-state index contributed by atoms with van der Waals surface area (Å²) >= 11 is 3.60. The highest BCUT2D eigenvalue weighted by molar-refractivity contribution is 9.10. The Kier molecular flexibility index (Phi) is 5.49. The molecule has 1 aromatic heterocycles. The molecule has 2 atom stereocenters. The molecule has 0 bridgehead atoms. The second-order valence-corrected chi connectivity index (χ2v) is 4.97. The van der Waals surface area contributed by atoms with Crippen molar-refractivity contribution in [2.24, 2.45) is 5.92 Å². The summed E-state index contributed by atoms with van der Waals surface area (Å²) in [5.74, 6) is 0.609. The van der Waals surface area contributed by atoms with Gasteiger partial charge in [-0.05, 0) is 35.3 Å². The van der Waals surface area contributed by atoms with Gasteiger partial charge in [0.05, 0.1) is 22.4 Å². The molecule has 0 aliphatic rings. The maximum Gasteiger partial charge on any atom is 0.0698 e. The van der Waals surface area contributed by atoms with E-state index >= 15 is 0 Å². The summed E-state index contributed by atoms with van der Waals surface area (Å²) in [6.07, 6.45) is 3.06. The Morgan fingerprint density at radius 1 is 1.44 bits per heavy atom. The van der Waals surface area contributed by atoms with Crippen LogP contribution in [0.2, 0.25) is 0 Å². The van der Waals surface area contributed by atoms with Crippen molar-refractivity contribution in [2.75, 3.05) is 6.54 Å². The minimum absolute atomic E-state index is 0.381. The summed E-state index contributed by atoms with van der Waals surface area (Å²) in [5.41, 5.74) is 1.28. The molecule has 0 amide bonds. The molecule has 0 saturated heterocycles. The molecule has 0 radical (unpaired) electrons. The molecular formula is C12H22BrN3. The number of hydrogen-bond acceptors (Lipinski definition) is 2. The highest BCUT2D eigenvalue weighted by Crippen LogP contribution is 2.30. The third-order valence-corrected chi connectivity index (χ3v) is 3.68. The standard InChI is InChI=1S/C12H22BrN3/c1-5-9(4)11(14-6-2)12-10(13)8-15-16(12)7-3/h8-9,11,14H,5-7H2,1-4H3. The number of nitrogens with zero attached hydrogens (tertiary/aromatic N) is 2. The number of aromatic nitrogens is 2. The fourth-order valence-electron chi connectivity index (χ4n) is 1.96. The molecule has 0 aliphatic heterocycles. The maximum atomic E-state index is 4.38. The van der Waals surface area contributed by atoms with Crippen LogP contribution >= 0.6 is 15.9 Å². The van der Waals surface area contributed by atoms with Gasteiger partial charge in [-0.15, -0.1) is 0 Å². The fraction of sp³-hybridized carbons (Fsp3) is 0.750. The van der Waals surface area contributed by atoms with E-state index < -0.39 is 0 Å². The lowest BCUT2D eigenvalue weighted by Crippen LogP contribution is -2.29. The molecule has 0 aromatic carbocycles. The van der Waals surface area contributed by atoms with Gasteiger partial charge in [-0.2, -0.15) is 5.10 Å². The Labute approximate surface area is 107 Å². The van der Waals surface area contributed by atoms with Crippen LogP contribution in [0.25, 0.3) is 0 Å². The monoisotopic (exact) mass is 287 g/mol. The molecular weight excluding hydrogens is 266 g/mol. The first-order valence-corrected chi connectivity index (χ1v) is 6.89. The van der Waals surface area contributed by atoms with Crippen LogP contribution < -0.4 is 5.32 Å². The first kappa shape index (κ1) is 13.7. The lowest BCUT2D eigenvalue weighted by molar-refractivity contribution is 0.359. The van der Waals surface area contributed by atoms with Gasteiger partial charge in [-0.1, -0.05) is 27.2 Å². The van der Waals surface area contributed by atoms with E-state index in [2.05, 4.69) is 58.7 Å². The largest absolute Gasteiger partial charge is 0.309 e. The Morgan fingerprint density at radius 3 is 2.62 bits per heavy atom. The molecule has 3 nitrogen and oxygen atoms in total. The van der Waals surface area contributed by atoms with E-state index in [0.717, 1.165) is 17.6 Å². The van der Waals surface area contributed by atoms with Gasteiger partial charge < -0.3 is 5.32 Å². The number of hydrogen-bond donors (Lipinski definition) is 1. The highest BCUT2D eigenvalue weighted by atomic mass is 79.9. The molecule has 0 saturated carbocycles. The van der Waals surface area contributed by atoms with Crippen molar-refractivity contribution in [3.8, 4) is 0 Å². The number of aryl methyl sites for hydroxylation is 1. The predicted molar refractivity (Wildman–Crippen MR) is 71.5 cm³/mol. The van der Waals surface area contributed by atoms with Crippen molar-refractivity contribution < 1.29 is 0 Å². The van der Waals surface area contributed by atoms with E-state index in [1.54, 1.807) is 0 Å². The van der Waals surface area contributed by atoms with Crippen molar-refractivity contribution >= 4 is 15.9 Å². The van der Waals surface area contributed by atoms with Crippen LogP contribution in [0.1, 0.15) is 45.9 Å². The third-order valence-electron chi connectivity index (χ3n) is 3.06. The van der Waals surface area contributed by atoms with Crippen LogP contribution in [0.3, 0.4) is 0 Å². The predicted octanol–water partition coefficient (Wildman–Crippen LogP) is 3.36. The lowest BCUT2D eigenvalue weighted by atomic mass is 9.96. The Morgan fingerprint density at radius 2 is 2.12 bits per heavy atom. The van der Waals surface area contributed by atoms with Crippen LogP contribution in [0, 0.1) is 5.92 Å². The second kappa shape index (κ2) is 6.40. The molecule has 1 N–H and O–H groups in total. The highest BCUT2D eigenvalue weighted by Gasteiger charge is 2.23. The van der Waals surface area contributed by atoms with E-state index in [1.165, 1.54) is 12.1 Å². The van der Waals surface area contributed by atoms with Gasteiger partial charge in [-0.25, -0.2) is 0 Å². The average molecular weight is 288 g/mol. The van der Waals surface area contributed by atoms with Crippen LogP contribution in [0.4, 0.5) is 0 Å². The molecule has 0 fully saturated rings. The molecule has 0 spiro atoms. The van der Waals surface area contributed by atoms with Crippen LogP contribution in [-0.2, 0) is 6.54 Å². The fourth-order valence-corrected chi connectivity index (χ4v) is 2.50. The quantitative estimate of drug-likeness (QED) is 0.870. The first-order valence-electron chi connectivity index (χ1n) is 6.10. The number of nitrogens with one attached hydrogen (secondary N) is 1. The van der Waals surface area contributed by atoms with Crippen molar-refractivity contribution in [1.29, 1.82) is 0 Å². The zero-order chi connectivity index (χ0) is 12.1. The van der Waals surface area contributed by atoms with Crippen LogP contribution in [0.5, 0.6) is 0 Å². The van der Waals surface area contributed by atoms with E-state index in [9.17, 15) is 0 Å². The average Bonchev–Trinajstić information content (AvgIpc) is 2.66. The van der Waals surface area contributed by atoms with Gasteiger partial charge in [0.25, 0.3) is 0 Å². The summed E-state index contributed by atoms with van der Waals surface area (Å²) in [6.45, 7) is 10.7. The van der Waals surface area contributed by atoms with Gasteiger partial charge in [0.15, 0.2) is 0 Å². The van der Waals surface area contributed by atoms with Gasteiger partial charge in [0.1, 0.15) is 0 Å². The van der Waals surface area contributed by atoms with Gasteiger partial charge in [-0.3, -0.25) is 4.68 Å². The Bertz CT molecular complexity index is 322. The molecule has 1 aromatic rings. The van der Waals surface area contributed by atoms with Gasteiger partial charge >= 0.3 is 0 Å². The molecule has 92 valence electrons.